The summed E-state index contributed by atoms with van der Waals surface area (Å²) in [5.41, 5.74) is -0.421. The summed E-state index contributed by atoms with van der Waals surface area (Å²) in [5, 5.41) is 4.38. The van der Waals surface area contributed by atoms with E-state index in [1.54, 1.807) is 17.5 Å². The first-order valence-corrected chi connectivity index (χ1v) is 10.3. The first-order chi connectivity index (χ1) is 11.5. The van der Waals surface area contributed by atoms with Gasteiger partial charge in [-0.2, -0.15) is 0 Å². The molecule has 134 valence electrons. The molecule has 1 aromatic carbocycles. The Labute approximate surface area is 148 Å². The Morgan fingerprint density at radius 1 is 1.28 bits per heavy atom. The SMILES string of the molecule is CC(F)(F)C1(C(=O)Nc2nc(-c3ccc(S(C)(=O)=O)cc3)cs2)CC1. The fourth-order valence-corrected chi connectivity index (χ4v) is 3.89. The summed E-state index contributed by atoms with van der Waals surface area (Å²) in [6, 6.07) is 6.16. The first kappa shape index (κ1) is 17.9. The van der Waals surface area contributed by atoms with E-state index in [1.807, 2.05) is 0 Å². The number of carbonyl (C=O) groups excluding carboxylic acids is 1. The van der Waals surface area contributed by atoms with Crippen LogP contribution in [0.15, 0.2) is 34.5 Å². The monoisotopic (exact) mass is 386 g/mol. The Bertz CT molecular complexity index is 912. The third kappa shape index (κ3) is 3.43. The average molecular weight is 386 g/mol. The topological polar surface area (TPSA) is 76.1 Å². The van der Waals surface area contributed by atoms with Crippen LogP contribution in [0.1, 0.15) is 19.8 Å². The van der Waals surface area contributed by atoms with Gasteiger partial charge >= 0.3 is 0 Å². The van der Waals surface area contributed by atoms with Crippen LogP contribution in [0, 0.1) is 5.41 Å². The van der Waals surface area contributed by atoms with Gasteiger partial charge in [-0.3, -0.25) is 4.79 Å². The fourth-order valence-electron chi connectivity index (χ4n) is 2.54. The molecule has 3 rings (SSSR count). The number of aromatic nitrogens is 1. The van der Waals surface area contributed by atoms with E-state index in [9.17, 15) is 22.0 Å². The quantitative estimate of drug-likeness (QED) is 0.852. The molecule has 1 fully saturated rings. The lowest BCUT2D eigenvalue weighted by atomic mass is 9.99. The minimum atomic E-state index is -3.28. The zero-order chi connectivity index (χ0) is 18.5. The van der Waals surface area contributed by atoms with Crippen LogP contribution >= 0.6 is 11.3 Å². The van der Waals surface area contributed by atoms with Gasteiger partial charge in [-0.25, -0.2) is 22.2 Å². The largest absolute Gasteiger partial charge is 0.301 e. The van der Waals surface area contributed by atoms with E-state index in [0.717, 1.165) is 24.5 Å². The molecule has 25 heavy (non-hydrogen) atoms. The van der Waals surface area contributed by atoms with Gasteiger partial charge in [0.05, 0.1) is 10.6 Å². The molecule has 1 aliphatic carbocycles. The number of hydrogen-bond acceptors (Lipinski definition) is 5. The smallest absolute Gasteiger partial charge is 0.259 e. The molecule has 0 radical (unpaired) electrons. The van der Waals surface area contributed by atoms with Crippen LogP contribution in [-0.4, -0.2) is 31.5 Å². The van der Waals surface area contributed by atoms with E-state index in [-0.39, 0.29) is 22.9 Å². The predicted molar refractivity (Wildman–Crippen MR) is 91.6 cm³/mol. The van der Waals surface area contributed by atoms with E-state index < -0.39 is 27.1 Å². The van der Waals surface area contributed by atoms with Crippen molar-refractivity contribution < 1.29 is 22.0 Å². The lowest BCUT2D eigenvalue weighted by molar-refractivity contribution is -0.136. The molecule has 0 atom stereocenters. The molecule has 1 aliphatic rings. The summed E-state index contributed by atoms with van der Waals surface area (Å²) in [7, 11) is -3.28. The van der Waals surface area contributed by atoms with Crippen LogP contribution in [0.5, 0.6) is 0 Å². The molecule has 9 heteroatoms. The van der Waals surface area contributed by atoms with Crippen LogP contribution in [-0.2, 0) is 14.6 Å². The van der Waals surface area contributed by atoms with Gasteiger partial charge in [0.1, 0.15) is 5.41 Å². The molecule has 1 aromatic heterocycles. The predicted octanol–water partition coefficient (Wildman–Crippen LogP) is 3.59. The molecule has 1 amide bonds. The van der Waals surface area contributed by atoms with Crippen molar-refractivity contribution in [2.24, 2.45) is 5.41 Å². The molecule has 1 heterocycles. The standard InChI is InChI=1S/C16H16F2N2O3S2/c1-15(17,18)16(7-8-16)13(21)20-14-19-12(9-24-14)10-3-5-11(6-4-10)25(2,22)23/h3-6,9H,7-8H2,1-2H3,(H,19,20,21). The minimum Gasteiger partial charge on any atom is -0.301 e. The maximum absolute atomic E-state index is 13.6. The first-order valence-electron chi connectivity index (χ1n) is 7.48. The van der Waals surface area contributed by atoms with Gasteiger partial charge in [-0.1, -0.05) is 12.1 Å². The van der Waals surface area contributed by atoms with Gasteiger partial charge in [-0.05, 0) is 25.0 Å². The highest BCUT2D eigenvalue weighted by molar-refractivity contribution is 7.90. The van der Waals surface area contributed by atoms with Crippen molar-refractivity contribution in [1.29, 1.82) is 0 Å². The number of anilines is 1. The van der Waals surface area contributed by atoms with Crippen molar-refractivity contribution in [2.75, 3.05) is 11.6 Å². The van der Waals surface area contributed by atoms with E-state index in [0.29, 0.717) is 11.3 Å². The van der Waals surface area contributed by atoms with Gasteiger partial charge in [0.15, 0.2) is 15.0 Å². The second-order valence-electron chi connectivity index (χ2n) is 6.26. The number of hydrogen-bond donors (Lipinski definition) is 1. The minimum absolute atomic E-state index is 0.160. The molecule has 0 unspecified atom stereocenters. The zero-order valence-electron chi connectivity index (χ0n) is 13.5. The molecular weight excluding hydrogens is 370 g/mol. The summed E-state index contributed by atoms with van der Waals surface area (Å²) in [4.78, 5) is 16.6. The number of alkyl halides is 2. The molecule has 5 nitrogen and oxygen atoms in total. The normalized spacial score (nSPS) is 16.5. The molecule has 0 aliphatic heterocycles. The van der Waals surface area contributed by atoms with Gasteiger partial charge in [-0.15, -0.1) is 11.3 Å². The van der Waals surface area contributed by atoms with Crippen molar-refractivity contribution in [3.63, 3.8) is 0 Å². The summed E-state index contributed by atoms with van der Waals surface area (Å²) >= 11 is 1.13. The van der Waals surface area contributed by atoms with Crippen molar-refractivity contribution >= 4 is 32.2 Å². The van der Waals surface area contributed by atoms with Crippen molar-refractivity contribution in [2.45, 2.75) is 30.6 Å². The molecule has 0 bridgehead atoms. The Morgan fingerprint density at radius 2 is 1.88 bits per heavy atom. The van der Waals surface area contributed by atoms with Crippen LogP contribution in [0.3, 0.4) is 0 Å². The highest BCUT2D eigenvalue weighted by atomic mass is 32.2. The maximum atomic E-state index is 13.6. The molecule has 0 saturated heterocycles. The second kappa shape index (κ2) is 5.84. The average Bonchev–Trinajstić information content (AvgIpc) is 3.22. The molecular formula is C16H16F2N2O3S2. The van der Waals surface area contributed by atoms with Crippen LogP contribution < -0.4 is 5.32 Å². The highest BCUT2D eigenvalue weighted by Gasteiger charge is 2.64. The number of benzene rings is 1. The van der Waals surface area contributed by atoms with Crippen molar-refractivity contribution in [3.05, 3.63) is 29.6 Å². The lowest BCUT2D eigenvalue weighted by Gasteiger charge is -2.21. The van der Waals surface area contributed by atoms with Crippen LogP contribution in [0.4, 0.5) is 13.9 Å². The summed E-state index contributed by atoms with van der Waals surface area (Å²) in [6.45, 7) is 0.760. The molecule has 1 saturated carbocycles. The van der Waals surface area contributed by atoms with E-state index in [4.69, 9.17) is 0 Å². The van der Waals surface area contributed by atoms with Gasteiger partial charge in [0.2, 0.25) is 5.91 Å². The Hall–Kier alpha value is -1.87. The number of halogens is 2. The van der Waals surface area contributed by atoms with E-state index in [1.165, 1.54) is 12.1 Å². The van der Waals surface area contributed by atoms with Crippen LogP contribution in [0.25, 0.3) is 11.3 Å². The number of nitrogens with one attached hydrogen (secondary N) is 1. The molecule has 0 spiro atoms. The highest BCUT2D eigenvalue weighted by Crippen LogP contribution is 2.57. The number of nitrogens with zero attached hydrogens (tertiary/aromatic N) is 1. The number of thiazole rings is 1. The van der Waals surface area contributed by atoms with E-state index >= 15 is 0 Å². The van der Waals surface area contributed by atoms with Crippen molar-refractivity contribution in [1.82, 2.24) is 4.98 Å². The fraction of sp³-hybridized carbons (Fsp3) is 0.375. The molecule has 2 aromatic rings. The number of amides is 1. The second-order valence-corrected chi connectivity index (χ2v) is 9.13. The van der Waals surface area contributed by atoms with Gasteiger partial charge < -0.3 is 5.32 Å². The Kier molecular flexibility index (Phi) is 4.19. The maximum Gasteiger partial charge on any atom is 0.259 e. The molecule has 1 N–H and O–H groups in total. The summed E-state index contributed by atoms with van der Waals surface area (Å²) in [6.07, 6.45) is 1.44. The third-order valence-electron chi connectivity index (χ3n) is 4.33. The zero-order valence-corrected chi connectivity index (χ0v) is 15.2. The Morgan fingerprint density at radius 3 is 2.36 bits per heavy atom. The summed E-state index contributed by atoms with van der Waals surface area (Å²) < 4.78 is 50.1. The number of rotatable bonds is 5. The summed E-state index contributed by atoms with van der Waals surface area (Å²) in [5.74, 6) is -3.79. The third-order valence-corrected chi connectivity index (χ3v) is 6.21. The lowest BCUT2D eigenvalue weighted by Crippen LogP contribution is -2.37. The number of carbonyl (C=O) groups is 1. The van der Waals surface area contributed by atoms with Gasteiger partial charge in [0, 0.05) is 24.1 Å². The Balaban J connectivity index is 1.76. The van der Waals surface area contributed by atoms with E-state index in [2.05, 4.69) is 10.3 Å². The number of sulfone groups is 1. The van der Waals surface area contributed by atoms with Crippen LogP contribution in [0.2, 0.25) is 0 Å². The van der Waals surface area contributed by atoms with Gasteiger partial charge in [0.25, 0.3) is 5.92 Å². The van der Waals surface area contributed by atoms with Crippen molar-refractivity contribution in [3.8, 4) is 11.3 Å².